The zero-order valence-electron chi connectivity index (χ0n) is 16.1. The second kappa shape index (κ2) is 9.58. The van der Waals surface area contributed by atoms with E-state index in [9.17, 15) is 19.6 Å². The SMILES string of the molecule is Cc1ccc(N2CC[C@H]2C(=O)CCC(=O)N[C@H](CC(C)C)B(O)O)c(Cl)c1. The van der Waals surface area contributed by atoms with Crippen molar-refractivity contribution in [2.75, 3.05) is 11.4 Å². The van der Waals surface area contributed by atoms with E-state index < -0.39 is 13.1 Å². The summed E-state index contributed by atoms with van der Waals surface area (Å²) >= 11 is 6.30. The molecule has 148 valence electrons. The molecule has 1 heterocycles. The molecule has 0 aromatic heterocycles. The third-order valence-corrected chi connectivity index (χ3v) is 5.14. The molecule has 1 fully saturated rings. The zero-order chi connectivity index (χ0) is 20.1. The molecule has 1 aromatic rings. The van der Waals surface area contributed by atoms with Crippen LogP contribution in [0.15, 0.2) is 18.2 Å². The number of nitrogens with one attached hydrogen (secondary N) is 1. The fourth-order valence-electron chi connectivity index (χ4n) is 3.30. The second-order valence-electron chi connectivity index (χ2n) is 7.64. The Balaban J connectivity index is 1.87. The number of nitrogens with zero attached hydrogens (tertiary/aromatic N) is 1. The molecule has 1 aliphatic rings. The number of hydrogen-bond donors (Lipinski definition) is 3. The number of halogens is 1. The second-order valence-corrected chi connectivity index (χ2v) is 8.04. The summed E-state index contributed by atoms with van der Waals surface area (Å²) in [6.45, 7) is 6.60. The van der Waals surface area contributed by atoms with Gasteiger partial charge in [0.2, 0.25) is 5.91 Å². The molecular formula is C19H28BClN2O4. The highest BCUT2D eigenvalue weighted by molar-refractivity contribution is 6.43. The van der Waals surface area contributed by atoms with Crippen LogP contribution in [0.25, 0.3) is 0 Å². The van der Waals surface area contributed by atoms with Crippen molar-refractivity contribution >= 4 is 36.1 Å². The molecule has 27 heavy (non-hydrogen) atoms. The quantitative estimate of drug-likeness (QED) is 0.558. The molecule has 0 bridgehead atoms. The standard InChI is InChI=1S/C19H28BClN2O4/c1-12(2)10-18(20(26)27)22-19(25)7-6-17(24)16-8-9-23(16)15-5-4-13(3)11-14(15)21/h4-5,11-12,16,18,26-27H,6-10H2,1-3H3,(H,22,25)/t16-,18+/m0/s1. The number of anilines is 1. The van der Waals surface area contributed by atoms with Crippen LogP contribution in [0.3, 0.4) is 0 Å². The number of Topliss-reactive ketones (excluding diaryl/α,β-unsaturated/α-hetero) is 1. The van der Waals surface area contributed by atoms with Gasteiger partial charge in [-0.25, -0.2) is 0 Å². The Morgan fingerprint density at radius 3 is 2.56 bits per heavy atom. The number of ketones is 1. The Labute approximate surface area is 166 Å². The van der Waals surface area contributed by atoms with Gasteiger partial charge < -0.3 is 20.3 Å². The Bertz CT molecular complexity index is 684. The summed E-state index contributed by atoms with van der Waals surface area (Å²) in [4.78, 5) is 26.6. The van der Waals surface area contributed by atoms with E-state index in [1.807, 2.05) is 43.9 Å². The summed E-state index contributed by atoms with van der Waals surface area (Å²) in [7, 11) is -1.61. The van der Waals surface area contributed by atoms with Gasteiger partial charge in [-0.3, -0.25) is 9.59 Å². The molecule has 1 amide bonds. The summed E-state index contributed by atoms with van der Waals surface area (Å²) in [5, 5.41) is 22.0. The minimum Gasteiger partial charge on any atom is -0.426 e. The van der Waals surface area contributed by atoms with Gasteiger partial charge in [-0.05, 0) is 43.4 Å². The smallest absolute Gasteiger partial charge is 0.426 e. The molecule has 0 unspecified atom stereocenters. The maximum atomic E-state index is 12.5. The maximum absolute atomic E-state index is 12.5. The maximum Gasteiger partial charge on any atom is 0.475 e. The average Bonchev–Trinajstić information content (AvgIpc) is 2.53. The number of benzene rings is 1. The summed E-state index contributed by atoms with van der Waals surface area (Å²) in [5.74, 6) is -0.861. The Morgan fingerprint density at radius 1 is 1.33 bits per heavy atom. The minimum absolute atomic E-state index is 0.00185. The van der Waals surface area contributed by atoms with Crippen LogP contribution in [0.5, 0.6) is 0 Å². The lowest BCUT2D eigenvalue weighted by atomic mass is 9.75. The first-order valence-electron chi connectivity index (χ1n) is 9.40. The largest absolute Gasteiger partial charge is 0.475 e. The summed E-state index contributed by atoms with van der Waals surface area (Å²) in [6, 6.07) is 5.50. The zero-order valence-corrected chi connectivity index (χ0v) is 16.9. The first kappa shape index (κ1) is 21.7. The molecule has 6 nitrogen and oxygen atoms in total. The van der Waals surface area contributed by atoms with Gasteiger partial charge in [0.15, 0.2) is 5.78 Å². The van der Waals surface area contributed by atoms with Crippen molar-refractivity contribution in [3.05, 3.63) is 28.8 Å². The third kappa shape index (κ3) is 5.96. The van der Waals surface area contributed by atoms with Crippen LogP contribution in [0.1, 0.15) is 45.1 Å². The molecule has 1 saturated heterocycles. The van der Waals surface area contributed by atoms with E-state index in [1.54, 1.807) is 0 Å². The van der Waals surface area contributed by atoms with Crippen LogP contribution in [-0.4, -0.2) is 47.4 Å². The fourth-order valence-corrected chi connectivity index (χ4v) is 3.64. The van der Waals surface area contributed by atoms with Crippen molar-refractivity contribution in [1.82, 2.24) is 5.32 Å². The van der Waals surface area contributed by atoms with E-state index in [2.05, 4.69) is 5.32 Å². The lowest BCUT2D eigenvalue weighted by molar-refractivity contribution is -0.126. The van der Waals surface area contributed by atoms with E-state index in [0.29, 0.717) is 11.4 Å². The van der Waals surface area contributed by atoms with Crippen molar-refractivity contribution < 1.29 is 19.6 Å². The average molecular weight is 395 g/mol. The molecule has 0 saturated carbocycles. The number of aryl methyl sites for hydroxylation is 1. The normalized spacial score (nSPS) is 17.4. The number of rotatable bonds is 9. The van der Waals surface area contributed by atoms with Crippen molar-refractivity contribution in [2.45, 2.75) is 58.4 Å². The first-order valence-corrected chi connectivity index (χ1v) is 9.77. The molecule has 2 atom stereocenters. The Morgan fingerprint density at radius 2 is 2.04 bits per heavy atom. The molecule has 3 N–H and O–H groups in total. The highest BCUT2D eigenvalue weighted by atomic mass is 35.5. The summed E-state index contributed by atoms with van der Waals surface area (Å²) in [6.07, 6.45) is 1.36. The predicted octanol–water partition coefficient (Wildman–Crippen LogP) is 2.12. The van der Waals surface area contributed by atoms with E-state index in [0.717, 1.165) is 24.2 Å². The fraction of sp³-hybridized carbons (Fsp3) is 0.579. The van der Waals surface area contributed by atoms with E-state index >= 15 is 0 Å². The van der Waals surface area contributed by atoms with Crippen LogP contribution in [0.2, 0.25) is 5.02 Å². The predicted molar refractivity (Wildman–Crippen MR) is 108 cm³/mol. The third-order valence-electron chi connectivity index (χ3n) is 4.83. The van der Waals surface area contributed by atoms with Crippen LogP contribution in [-0.2, 0) is 9.59 Å². The molecule has 1 aliphatic heterocycles. The minimum atomic E-state index is -1.61. The monoisotopic (exact) mass is 394 g/mol. The Hall–Kier alpha value is -1.57. The van der Waals surface area contributed by atoms with Gasteiger partial charge in [-0.2, -0.15) is 0 Å². The van der Waals surface area contributed by atoms with Crippen LogP contribution >= 0.6 is 11.6 Å². The van der Waals surface area contributed by atoms with Crippen LogP contribution in [0, 0.1) is 12.8 Å². The molecule has 0 spiro atoms. The molecule has 1 aromatic carbocycles. The highest BCUT2D eigenvalue weighted by Crippen LogP contribution is 2.34. The number of carbonyl (C=O) groups excluding carboxylic acids is 2. The van der Waals surface area contributed by atoms with Gasteiger partial charge in [-0.1, -0.05) is 31.5 Å². The summed E-state index contributed by atoms with van der Waals surface area (Å²) < 4.78 is 0. The molecule has 0 aliphatic carbocycles. The Kier molecular flexibility index (Phi) is 7.71. The van der Waals surface area contributed by atoms with Gasteiger partial charge in [0.05, 0.1) is 22.7 Å². The van der Waals surface area contributed by atoms with E-state index in [4.69, 9.17) is 11.6 Å². The summed E-state index contributed by atoms with van der Waals surface area (Å²) in [5.41, 5.74) is 1.91. The van der Waals surface area contributed by atoms with Gasteiger partial charge in [0.25, 0.3) is 0 Å². The lowest BCUT2D eigenvalue weighted by Crippen LogP contribution is -2.53. The molecule has 8 heteroatoms. The van der Waals surface area contributed by atoms with E-state index in [1.165, 1.54) is 0 Å². The number of amides is 1. The number of carbonyl (C=O) groups is 2. The van der Waals surface area contributed by atoms with Crippen LogP contribution in [0.4, 0.5) is 5.69 Å². The molecular weight excluding hydrogens is 366 g/mol. The van der Waals surface area contributed by atoms with Crippen LogP contribution < -0.4 is 10.2 Å². The van der Waals surface area contributed by atoms with Crippen molar-refractivity contribution in [3.63, 3.8) is 0 Å². The van der Waals surface area contributed by atoms with E-state index in [-0.39, 0.29) is 36.5 Å². The lowest BCUT2D eigenvalue weighted by Gasteiger charge is -2.42. The van der Waals surface area contributed by atoms with Crippen molar-refractivity contribution in [1.29, 1.82) is 0 Å². The van der Waals surface area contributed by atoms with Gasteiger partial charge in [0, 0.05) is 19.4 Å². The first-order chi connectivity index (χ1) is 12.7. The number of hydrogen-bond acceptors (Lipinski definition) is 5. The van der Waals surface area contributed by atoms with Gasteiger partial charge in [-0.15, -0.1) is 0 Å². The topological polar surface area (TPSA) is 89.9 Å². The van der Waals surface area contributed by atoms with Crippen molar-refractivity contribution in [3.8, 4) is 0 Å². The molecule has 2 rings (SSSR count). The highest BCUT2D eigenvalue weighted by Gasteiger charge is 2.35. The van der Waals surface area contributed by atoms with Gasteiger partial charge >= 0.3 is 7.12 Å². The van der Waals surface area contributed by atoms with Gasteiger partial charge in [0.1, 0.15) is 0 Å². The molecule has 0 radical (unpaired) electrons. The van der Waals surface area contributed by atoms with Crippen molar-refractivity contribution in [2.24, 2.45) is 5.92 Å².